The Morgan fingerprint density at radius 1 is 1.14 bits per heavy atom. The molecule has 0 unspecified atom stereocenters. The zero-order valence-corrected chi connectivity index (χ0v) is 16.2. The third-order valence-corrected chi connectivity index (χ3v) is 4.34. The summed E-state index contributed by atoms with van der Waals surface area (Å²) in [6.07, 6.45) is 5.65. The summed E-state index contributed by atoms with van der Waals surface area (Å²) >= 11 is 0. The molecule has 146 valence electrons. The first kappa shape index (κ1) is 19.5. The second-order valence-electron chi connectivity index (χ2n) is 6.38. The second-order valence-corrected chi connectivity index (χ2v) is 6.38. The number of aromatic nitrogens is 2. The highest BCUT2D eigenvalue weighted by Crippen LogP contribution is 2.29. The minimum Gasteiger partial charge on any atom is -0.493 e. The molecule has 6 nitrogen and oxygen atoms in total. The molecule has 1 aromatic heterocycles. The Kier molecular flexibility index (Phi) is 6.68. The quantitative estimate of drug-likeness (QED) is 0.561. The normalized spacial score (nSPS) is 10.5. The molecule has 0 radical (unpaired) electrons. The monoisotopic (exact) mass is 379 g/mol. The molecule has 0 fully saturated rings. The summed E-state index contributed by atoms with van der Waals surface area (Å²) in [6, 6.07) is 14.8. The lowest BCUT2D eigenvalue weighted by atomic mass is 10.1. The molecule has 2 aromatic carbocycles. The van der Waals surface area contributed by atoms with Gasteiger partial charge in [-0.2, -0.15) is 5.10 Å². The van der Waals surface area contributed by atoms with Crippen LogP contribution in [-0.4, -0.2) is 29.4 Å². The fourth-order valence-electron chi connectivity index (χ4n) is 2.80. The molecule has 0 bridgehead atoms. The van der Waals surface area contributed by atoms with E-state index in [1.807, 2.05) is 41.2 Å². The third-order valence-electron chi connectivity index (χ3n) is 4.34. The standard InChI is InChI=1S/C22H25N3O3/c1-3-4-14-28-20-11-10-17(15-21(20)27-2)22(26)24-19-9-6-5-8-18(19)16-25-13-7-12-23-25/h5-13,15H,3-4,14,16H2,1-2H3,(H,24,26). The van der Waals surface area contributed by atoms with Gasteiger partial charge in [-0.3, -0.25) is 9.48 Å². The van der Waals surface area contributed by atoms with Crippen LogP contribution in [0.5, 0.6) is 11.5 Å². The SMILES string of the molecule is CCCCOc1ccc(C(=O)Nc2ccccc2Cn2cccn2)cc1OC. The number of hydrogen-bond acceptors (Lipinski definition) is 4. The lowest BCUT2D eigenvalue weighted by molar-refractivity contribution is 0.102. The Bertz CT molecular complexity index is 907. The maximum atomic E-state index is 12.8. The number of hydrogen-bond donors (Lipinski definition) is 1. The van der Waals surface area contributed by atoms with Crippen LogP contribution in [0.2, 0.25) is 0 Å². The summed E-state index contributed by atoms with van der Waals surface area (Å²) < 4.78 is 12.9. The molecule has 1 heterocycles. The van der Waals surface area contributed by atoms with Crippen molar-refractivity contribution in [3.05, 3.63) is 72.1 Å². The van der Waals surface area contributed by atoms with Gasteiger partial charge in [0.05, 0.1) is 20.3 Å². The number of carbonyl (C=O) groups is 1. The molecule has 0 aliphatic carbocycles. The third kappa shape index (κ3) is 4.91. The molecule has 1 N–H and O–H groups in total. The Balaban J connectivity index is 1.74. The van der Waals surface area contributed by atoms with Gasteiger partial charge in [0.1, 0.15) is 0 Å². The highest BCUT2D eigenvalue weighted by atomic mass is 16.5. The predicted octanol–water partition coefficient (Wildman–Crippen LogP) is 4.37. The molecule has 0 atom stereocenters. The number of benzene rings is 2. The van der Waals surface area contributed by atoms with Crippen molar-refractivity contribution in [3.8, 4) is 11.5 Å². The zero-order valence-electron chi connectivity index (χ0n) is 16.2. The highest BCUT2D eigenvalue weighted by Gasteiger charge is 2.13. The topological polar surface area (TPSA) is 65.4 Å². The minimum absolute atomic E-state index is 0.202. The van der Waals surface area contributed by atoms with Crippen molar-refractivity contribution in [2.24, 2.45) is 0 Å². The van der Waals surface area contributed by atoms with E-state index >= 15 is 0 Å². The van der Waals surface area contributed by atoms with E-state index in [4.69, 9.17) is 9.47 Å². The van der Waals surface area contributed by atoms with Crippen LogP contribution in [0.1, 0.15) is 35.7 Å². The number of anilines is 1. The van der Waals surface area contributed by atoms with Gasteiger partial charge >= 0.3 is 0 Å². The molecule has 1 amide bonds. The van der Waals surface area contributed by atoms with Crippen LogP contribution in [0.25, 0.3) is 0 Å². The molecule has 0 aliphatic heterocycles. The van der Waals surface area contributed by atoms with Crippen LogP contribution in [0.3, 0.4) is 0 Å². The summed E-state index contributed by atoms with van der Waals surface area (Å²) in [4.78, 5) is 12.8. The average molecular weight is 379 g/mol. The number of rotatable bonds is 9. The van der Waals surface area contributed by atoms with Crippen molar-refractivity contribution in [1.29, 1.82) is 0 Å². The first-order valence-electron chi connectivity index (χ1n) is 9.38. The number of methoxy groups -OCH3 is 1. The lowest BCUT2D eigenvalue weighted by Gasteiger charge is -2.14. The number of amides is 1. The molecule has 6 heteroatoms. The van der Waals surface area contributed by atoms with Crippen LogP contribution in [0.15, 0.2) is 60.9 Å². The van der Waals surface area contributed by atoms with Crippen LogP contribution < -0.4 is 14.8 Å². The van der Waals surface area contributed by atoms with Gasteiger partial charge in [0.15, 0.2) is 11.5 Å². The summed E-state index contributed by atoms with van der Waals surface area (Å²) in [5.74, 6) is 0.992. The molecular formula is C22H25N3O3. The number of para-hydroxylation sites is 1. The Morgan fingerprint density at radius 3 is 2.75 bits per heavy atom. The van der Waals surface area contributed by atoms with Crippen LogP contribution in [0, 0.1) is 0 Å². The zero-order chi connectivity index (χ0) is 19.8. The number of unbranched alkanes of at least 4 members (excludes halogenated alkanes) is 1. The first-order chi connectivity index (χ1) is 13.7. The van der Waals surface area contributed by atoms with Crippen molar-refractivity contribution in [2.75, 3.05) is 19.0 Å². The molecule has 3 aromatic rings. The molecule has 0 saturated heterocycles. The van der Waals surface area contributed by atoms with Gasteiger partial charge in [-0.1, -0.05) is 31.5 Å². The van der Waals surface area contributed by atoms with E-state index in [0.29, 0.717) is 30.2 Å². The van der Waals surface area contributed by atoms with E-state index in [-0.39, 0.29) is 5.91 Å². The van der Waals surface area contributed by atoms with E-state index in [2.05, 4.69) is 17.3 Å². The van der Waals surface area contributed by atoms with E-state index < -0.39 is 0 Å². The highest BCUT2D eigenvalue weighted by molar-refractivity contribution is 6.05. The van der Waals surface area contributed by atoms with Crippen molar-refractivity contribution >= 4 is 11.6 Å². The summed E-state index contributed by atoms with van der Waals surface area (Å²) in [5.41, 5.74) is 2.24. The minimum atomic E-state index is -0.202. The van der Waals surface area contributed by atoms with E-state index in [9.17, 15) is 4.79 Å². The van der Waals surface area contributed by atoms with E-state index in [1.54, 1.807) is 31.5 Å². The maximum absolute atomic E-state index is 12.8. The predicted molar refractivity (Wildman–Crippen MR) is 109 cm³/mol. The average Bonchev–Trinajstić information content (AvgIpc) is 3.23. The van der Waals surface area contributed by atoms with Gasteiger partial charge in [0.25, 0.3) is 5.91 Å². The lowest BCUT2D eigenvalue weighted by Crippen LogP contribution is -2.14. The summed E-state index contributed by atoms with van der Waals surface area (Å²) in [7, 11) is 1.57. The fourth-order valence-corrected chi connectivity index (χ4v) is 2.80. The van der Waals surface area contributed by atoms with Crippen LogP contribution in [-0.2, 0) is 6.54 Å². The van der Waals surface area contributed by atoms with E-state index in [0.717, 1.165) is 24.1 Å². The van der Waals surface area contributed by atoms with Gasteiger partial charge in [-0.15, -0.1) is 0 Å². The second kappa shape index (κ2) is 9.60. The van der Waals surface area contributed by atoms with Gasteiger partial charge in [0.2, 0.25) is 0 Å². The van der Waals surface area contributed by atoms with Crippen molar-refractivity contribution in [1.82, 2.24) is 9.78 Å². The molecule has 0 aliphatic rings. The summed E-state index contributed by atoms with van der Waals surface area (Å²) in [5, 5.41) is 7.21. The Hall–Kier alpha value is -3.28. The van der Waals surface area contributed by atoms with Crippen LogP contribution in [0.4, 0.5) is 5.69 Å². The number of ether oxygens (including phenoxy) is 2. The number of carbonyl (C=O) groups excluding carboxylic acids is 1. The molecule has 0 spiro atoms. The van der Waals surface area contributed by atoms with Crippen molar-refractivity contribution < 1.29 is 14.3 Å². The number of nitrogens with zero attached hydrogens (tertiary/aromatic N) is 2. The summed E-state index contributed by atoms with van der Waals surface area (Å²) in [6.45, 7) is 3.31. The molecular weight excluding hydrogens is 354 g/mol. The largest absolute Gasteiger partial charge is 0.493 e. The van der Waals surface area contributed by atoms with E-state index in [1.165, 1.54) is 0 Å². The van der Waals surface area contributed by atoms with Crippen molar-refractivity contribution in [3.63, 3.8) is 0 Å². The van der Waals surface area contributed by atoms with Gasteiger partial charge < -0.3 is 14.8 Å². The number of nitrogens with one attached hydrogen (secondary N) is 1. The van der Waals surface area contributed by atoms with Gasteiger partial charge in [-0.05, 0) is 42.3 Å². The van der Waals surface area contributed by atoms with Gasteiger partial charge in [-0.25, -0.2) is 0 Å². The Labute approximate surface area is 165 Å². The molecule has 3 rings (SSSR count). The smallest absolute Gasteiger partial charge is 0.255 e. The maximum Gasteiger partial charge on any atom is 0.255 e. The van der Waals surface area contributed by atoms with Crippen molar-refractivity contribution in [2.45, 2.75) is 26.3 Å². The van der Waals surface area contributed by atoms with Crippen LogP contribution >= 0.6 is 0 Å². The fraction of sp³-hybridized carbons (Fsp3) is 0.273. The first-order valence-corrected chi connectivity index (χ1v) is 9.38. The Morgan fingerprint density at radius 2 is 2.00 bits per heavy atom. The molecule has 28 heavy (non-hydrogen) atoms. The molecule has 0 saturated carbocycles. The van der Waals surface area contributed by atoms with Gasteiger partial charge in [0, 0.05) is 23.6 Å².